The van der Waals surface area contributed by atoms with Gasteiger partial charge in [0, 0.05) is 6.54 Å². The van der Waals surface area contributed by atoms with E-state index in [9.17, 15) is 9.59 Å². The Bertz CT molecular complexity index is 320. The number of ether oxygens (including phenoxy) is 1. The summed E-state index contributed by atoms with van der Waals surface area (Å²) in [4.78, 5) is 23.0. The van der Waals surface area contributed by atoms with Gasteiger partial charge < -0.3 is 20.5 Å². The van der Waals surface area contributed by atoms with Gasteiger partial charge in [-0.3, -0.25) is 9.59 Å². The van der Waals surface area contributed by atoms with Crippen molar-refractivity contribution in [3.05, 3.63) is 0 Å². The lowest BCUT2D eigenvalue weighted by atomic mass is 9.92. The second-order valence-corrected chi connectivity index (χ2v) is 5.13. The van der Waals surface area contributed by atoms with Gasteiger partial charge in [-0.25, -0.2) is 0 Å². The van der Waals surface area contributed by atoms with Crippen LogP contribution in [0.4, 0.5) is 0 Å². The maximum atomic E-state index is 12.1. The monoisotopic (exact) mass is 256 g/mol. The van der Waals surface area contributed by atoms with Crippen LogP contribution in [0, 0.1) is 0 Å². The van der Waals surface area contributed by atoms with Gasteiger partial charge in [0.25, 0.3) is 0 Å². The van der Waals surface area contributed by atoms with Gasteiger partial charge in [0.15, 0.2) is 0 Å². The topological polar surface area (TPSA) is 87.7 Å². The van der Waals surface area contributed by atoms with Crippen molar-refractivity contribution < 1.29 is 19.4 Å². The second kappa shape index (κ2) is 5.67. The molecule has 6 heteroatoms. The minimum atomic E-state index is -0.856. The maximum absolute atomic E-state index is 12.1. The quantitative estimate of drug-likeness (QED) is 0.652. The normalized spacial score (nSPS) is 26.8. The minimum absolute atomic E-state index is 0.00627. The molecule has 0 aromatic carbocycles. The molecule has 18 heavy (non-hydrogen) atoms. The second-order valence-electron chi connectivity index (χ2n) is 5.13. The smallest absolute Gasteiger partial charge is 0.305 e. The molecule has 1 amide bonds. The molecule has 1 saturated heterocycles. The van der Waals surface area contributed by atoms with E-state index in [2.05, 4.69) is 10.6 Å². The maximum Gasteiger partial charge on any atom is 0.305 e. The summed E-state index contributed by atoms with van der Waals surface area (Å²) in [6, 6.07) is -0.356. The van der Waals surface area contributed by atoms with Gasteiger partial charge in [0.2, 0.25) is 5.91 Å². The Morgan fingerprint density at radius 2 is 2.11 bits per heavy atom. The fraction of sp³-hybridized carbons (Fsp3) is 0.833. The Morgan fingerprint density at radius 3 is 2.67 bits per heavy atom. The van der Waals surface area contributed by atoms with E-state index in [1.54, 1.807) is 0 Å². The van der Waals surface area contributed by atoms with Gasteiger partial charge in [-0.15, -0.1) is 0 Å². The molecule has 102 valence electrons. The highest BCUT2D eigenvalue weighted by Crippen LogP contribution is 2.32. The Morgan fingerprint density at radius 1 is 1.39 bits per heavy atom. The average molecular weight is 256 g/mol. The molecule has 1 heterocycles. The molecular weight excluding hydrogens is 236 g/mol. The van der Waals surface area contributed by atoms with E-state index in [4.69, 9.17) is 9.84 Å². The van der Waals surface area contributed by atoms with Crippen molar-refractivity contribution in [2.24, 2.45) is 0 Å². The van der Waals surface area contributed by atoms with Gasteiger partial charge >= 0.3 is 5.97 Å². The molecule has 6 nitrogen and oxygen atoms in total. The van der Waals surface area contributed by atoms with Crippen LogP contribution < -0.4 is 10.6 Å². The van der Waals surface area contributed by atoms with E-state index in [-0.39, 0.29) is 18.4 Å². The predicted molar refractivity (Wildman–Crippen MR) is 64.2 cm³/mol. The summed E-state index contributed by atoms with van der Waals surface area (Å²) in [6.07, 6.45) is 3.45. The summed E-state index contributed by atoms with van der Waals surface area (Å²) in [5.41, 5.74) is -0.554. The third kappa shape index (κ3) is 3.20. The van der Waals surface area contributed by atoms with Crippen molar-refractivity contribution in [3.63, 3.8) is 0 Å². The van der Waals surface area contributed by atoms with E-state index in [0.29, 0.717) is 19.8 Å². The van der Waals surface area contributed by atoms with Gasteiger partial charge in [0.05, 0.1) is 25.2 Å². The highest BCUT2D eigenvalue weighted by atomic mass is 16.5. The van der Waals surface area contributed by atoms with Crippen molar-refractivity contribution in [3.8, 4) is 0 Å². The third-order valence-electron chi connectivity index (χ3n) is 3.68. The summed E-state index contributed by atoms with van der Waals surface area (Å²) in [6.45, 7) is 1.63. The number of carbonyl (C=O) groups excluding carboxylic acids is 1. The Labute approximate surface area is 106 Å². The average Bonchev–Trinajstić information content (AvgIpc) is 2.77. The molecule has 2 rings (SSSR count). The van der Waals surface area contributed by atoms with Gasteiger partial charge in [-0.1, -0.05) is 12.8 Å². The third-order valence-corrected chi connectivity index (χ3v) is 3.68. The van der Waals surface area contributed by atoms with Crippen molar-refractivity contribution in [1.82, 2.24) is 10.6 Å². The Balaban J connectivity index is 1.95. The van der Waals surface area contributed by atoms with Gasteiger partial charge in [-0.2, -0.15) is 0 Å². The number of rotatable bonds is 4. The Hall–Kier alpha value is -1.14. The van der Waals surface area contributed by atoms with E-state index in [1.807, 2.05) is 0 Å². The Kier molecular flexibility index (Phi) is 4.19. The zero-order valence-corrected chi connectivity index (χ0v) is 10.4. The molecule has 1 aliphatic carbocycles. The van der Waals surface area contributed by atoms with E-state index < -0.39 is 11.5 Å². The van der Waals surface area contributed by atoms with Crippen LogP contribution >= 0.6 is 0 Å². The first kappa shape index (κ1) is 13.3. The highest BCUT2D eigenvalue weighted by Gasteiger charge is 2.39. The first-order valence-electron chi connectivity index (χ1n) is 6.46. The van der Waals surface area contributed by atoms with E-state index in [1.165, 1.54) is 0 Å². The lowest BCUT2D eigenvalue weighted by Crippen LogP contribution is -2.57. The number of hydrogen-bond donors (Lipinski definition) is 3. The summed E-state index contributed by atoms with van der Waals surface area (Å²) in [7, 11) is 0. The number of hydrogen-bond acceptors (Lipinski definition) is 4. The fourth-order valence-electron chi connectivity index (χ4n) is 2.77. The van der Waals surface area contributed by atoms with Crippen LogP contribution in [0.1, 0.15) is 32.1 Å². The number of carboxylic acid groups (broad SMARTS) is 1. The van der Waals surface area contributed by atoms with Crippen molar-refractivity contribution in [2.75, 3.05) is 19.8 Å². The van der Waals surface area contributed by atoms with Crippen LogP contribution in [-0.4, -0.2) is 48.3 Å². The van der Waals surface area contributed by atoms with E-state index >= 15 is 0 Å². The largest absolute Gasteiger partial charge is 0.481 e. The zero-order chi connectivity index (χ0) is 13.0. The molecule has 1 atom stereocenters. The molecule has 3 N–H and O–H groups in total. The summed E-state index contributed by atoms with van der Waals surface area (Å²) in [5.74, 6) is -0.997. The van der Waals surface area contributed by atoms with Crippen LogP contribution in [0.2, 0.25) is 0 Å². The molecule has 1 aliphatic heterocycles. The van der Waals surface area contributed by atoms with Gasteiger partial charge in [-0.05, 0) is 12.8 Å². The molecule has 0 radical (unpaired) electrons. The van der Waals surface area contributed by atoms with Crippen molar-refractivity contribution >= 4 is 11.9 Å². The summed E-state index contributed by atoms with van der Waals surface area (Å²) >= 11 is 0. The predicted octanol–water partition coefficient (Wildman–Crippen LogP) is -0.121. The van der Waals surface area contributed by atoms with Crippen molar-refractivity contribution in [1.29, 1.82) is 0 Å². The van der Waals surface area contributed by atoms with Crippen LogP contribution in [0.15, 0.2) is 0 Å². The molecule has 2 fully saturated rings. The van der Waals surface area contributed by atoms with E-state index in [0.717, 1.165) is 25.7 Å². The van der Waals surface area contributed by atoms with Crippen LogP contribution in [0.5, 0.6) is 0 Å². The molecule has 1 saturated carbocycles. The van der Waals surface area contributed by atoms with Crippen LogP contribution in [0.3, 0.4) is 0 Å². The molecule has 2 aliphatic rings. The molecule has 0 bridgehead atoms. The van der Waals surface area contributed by atoms with Crippen LogP contribution in [0.25, 0.3) is 0 Å². The number of nitrogens with one attached hydrogen (secondary N) is 2. The van der Waals surface area contributed by atoms with Gasteiger partial charge in [0.1, 0.15) is 6.04 Å². The van der Waals surface area contributed by atoms with Crippen molar-refractivity contribution in [2.45, 2.75) is 43.7 Å². The van der Waals surface area contributed by atoms with Crippen LogP contribution in [-0.2, 0) is 14.3 Å². The number of carbonyl (C=O) groups is 2. The first-order chi connectivity index (χ1) is 8.61. The summed E-state index contributed by atoms with van der Waals surface area (Å²) < 4.78 is 5.24. The number of carboxylic acids is 1. The molecule has 1 unspecified atom stereocenters. The molecular formula is C12H20N2O4. The molecule has 0 aromatic heterocycles. The highest BCUT2D eigenvalue weighted by molar-refractivity contribution is 5.83. The fourth-order valence-corrected chi connectivity index (χ4v) is 2.77. The lowest BCUT2D eigenvalue weighted by Gasteiger charge is -2.32. The number of aliphatic carboxylic acids is 1. The number of morpholine rings is 1. The molecule has 0 aromatic rings. The molecule has 0 spiro atoms. The first-order valence-corrected chi connectivity index (χ1v) is 6.46. The lowest BCUT2D eigenvalue weighted by molar-refractivity contribution is -0.139. The standard InChI is InChI=1S/C12H20N2O4/c15-10(16)7-12(3-1-2-4-12)14-11(17)9-8-18-6-5-13-9/h9,13H,1-8H2,(H,14,17)(H,15,16). The SMILES string of the molecule is O=C(O)CC1(NC(=O)C2COCCN2)CCCC1. The number of amides is 1. The summed E-state index contributed by atoms with van der Waals surface area (Å²) in [5, 5.41) is 15.0. The zero-order valence-electron chi connectivity index (χ0n) is 10.4. The minimum Gasteiger partial charge on any atom is -0.481 e.